The van der Waals surface area contributed by atoms with Crippen molar-refractivity contribution >= 4 is 110 Å². The van der Waals surface area contributed by atoms with Crippen molar-refractivity contribution in [1.82, 2.24) is 0 Å². The minimum atomic E-state index is -0.308. The second kappa shape index (κ2) is 17.9. The summed E-state index contributed by atoms with van der Waals surface area (Å²) in [5.41, 5.74) is 18.1. The van der Waals surface area contributed by atoms with Gasteiger partial charge < -0.3 is 14.2 Å². The van der Waals surface area contributed by atoms with E-state index in [1.807, 2.05) is 12.1 Å². The number of nitrogens with zero attached hydrogens (tertiary/aromatic N) is 2. The number of anilines is 6. The predicted molar refractivity (Wildman–Crippen MR) is 339 cm³/mol. The van der Waals surface area contributed by atoms with Gasteiger partial charge in [0.25, 0.3) is 0 Å². The van der Waals surface area contributed by atoms with Crippen LogP contribution in [0.2, 0.25) is 0 Å². The normalized spacial score (nSPS) is 12.7. The van der Waals surface area contributed by atoms with Crippen molar-refractivity contribution < 1.29 is 4.42 Å². The van der Waals surface area contributed by atoms with Crippen LogP contribution in [0.25, 0.3) is 109 Å². The van der Waals surface area contributed by atoms with Crippen LogP contribution >= 0.6 is 0 Å². The van der Waals surface area contributed by atoms with Gasteiger partial charge in [0.15, 0.2) is 0 Å². The van der Waals surface area contributed by atoms with Gasteiger partial charge in [-0.25, -0.2) is 0 Å². The molecule has 0 fully saturated rings. The molecule has 0 saturated heterocycles. The van der Waals surface area contributed by atoms with Crippen molar-refractivity contribution in [1.29, 1.82) is 0 Å². The van der Waals surface area contributed by atoms with Crippen LogP contribution in [0.3, 0.4) is 0 Å². The molecule has 3 nitrogen and oxygen atoms in total. The van der Waals surface area contributed by atoms with E-state index in [9.17, 15) is 0 Å². The van der Waals surface area contributed by atoms with Crippen molar-refractivity contribution in [2.24, 2.45) is 0 Å². The minimum Gasteiger partial charge on any atom is -0.456 e. The molecule has 1 aromatic heterocycles. The van der Waals surface area contributed by atoms with Crippen molar-refractivity contribution in [3.05, 3.63) is 290 Å². The average molecular weight is 1020 g/mol. The van der Waals surface area contributed by atoms with Gasteiger partial charge in [-0.15, -0.1) is 0 Å². The maximum Gasteiger partial charge on any atom is 0.135 e. The van der Waals surface area contributed by atoms with Crippen LogP contribution in [0.4, 0.5) is 34.1 Å². The first-order valence-electron chi connectivity index (χ1n) is 27.7. The number of benzene rings is 14. The summed E-state index contributed by atoms with van der Waals surface area (Å²) in [6.07, 6.45) is 0. The van der Waals surface area contributed by atoms with E-state index in [2.05, 4.69) is 291 Å². The molecular formula is C77H52N2O. The fourth-order valence-corrected chi connectivity index (χ4v) is 13.4. The third-order valence-electron chi connectivity index (χ3n) is 17.2. The summed E-state index contributed by atoms with van der Waals surface area (Å²) in [5, 5.41) is 14.7. The van der Waals surface area contributed by atoms with Crippen LogP contribution in [0, 0.1) is 0 Å². The zero-order valence-corrected chi connectivity index (χ0v) is 44.4. The summed E-state index contributed by atoms with van der Waals surface area (Å²) in [5.74, 6) is 0. The first kappa shape index (κ1) is 45.9. The zero-order chi connectivity index (χ0) is 53.1. The Morgan fingerprint density at radius 3 is 1.39 bits per heavy atom. The Bertz CT molecular complexity index is 4950. The lowest BCUT2D eigenvalue weighted by Crippen LogP contribution is -2.17. The van der Waals surface area contributed by atoms with Crippen molar-refractivity contribution in [2.75, 3.05) is 9.80 Å². The molecule has 0 atom stereocenters. The zero-order valence-electron chi connectivity index (χ0n) is 44.4. The van der Waals surface area contributed by atoms with E-state index in [-0.39, 0.29) is 5.41 Å². The summed E-state index contributed by atoms with van der Waals surface area (Å²) >= 11 is 0. The summed E-state index contributed by atoms with van der Waals surface area (Å²) in [4.78, 5) is 4.89. The number of hydrogen-bond acceptors (Lipinski definition) is 3. The quantitative estimate of drug-likeness (QED) is 0.141. The number of rotatable bonds is 8. The van der Waals surface area contributed by atoms with E-state index in [1.165, 1.54) is 92.8 Å². The van der Waals surface area contributed by atoms with Gasteiger partial charge in [-0.1, -0.05) is 208 Å². The van der Waals surface area contributed by atoms with E-state index in [1.54, 1.807) is 0 Å². The second-order valence-corrected chi connectivity index (χ2v) is 22.0. The highest BCUT2D eigenvalue weighted by Gasteiger charge is 2.37. The largest absolute Gasteiger partial charge is 0.456 e. The Hall–Kier alpha value is -10.2. The highest BCUT2D eigenvalue weighted by atomic mass is 16.3. The lowest BCUT2D eigenvalue weighted by Gasteiger charge is -2.30. The Morgan fingerprint density at radius 2 is 0.713 bits per heavy atom. The molecule has 14 aromatic carbocycles. The van der Waals surface area contributed by atoms with E-state index in [4.69, 9.17) is 4.42 Å². The molecule has 0 bridgehead atoms. The first-order chi connectivity index (χ1) is 39.4. The van der Waals surface area contributed by atoms with E-state index in [0.717, 1.165) is 61.6 Å². The first-order valence-corrected chi connectivity index (χ1v) is 27.7. The SMILES string of the molecule is CC1(C)c2cc(N(c3ccc(-c4ccc(-c5ccc6oc7ccccc7c6c5)c5ccccc45)cc3)c3ccc4c5ccccc5c5ccccc5c4c3)ccc2-c2ccc(N(c3ccccc3)c3cccc4ccccc34)cc21. The van der Waals surface area contributed by atoms with Crippen LogP contribution in [0.1, 0.15) is 25.0 Å². The van der Waals surface area contributed by atoms with Crippen molar-refractivity contribution in [3.8, 4) is 33.4 Å². The fourth-order valence-electron chi connectivity index (χ4n) is 13.4. The lowest BCUT2D eigenvalue weighted by atomic mass is 9.82. The van der Waals surface area contributed by atoms with Crippen LogP contribution in [0.5, 0.6) is 0 Å². The van der Waals surface area contributed by atoms with Gasteiger partial charge in [-0.05, 0) is 178 Å². The smallest absolute Gasteiger partial charge is 0.135 e. The third kappa shape index (κ3) is 7.14. The van der Waals surface area contributed by atoms with Gasteiger partial charge in [-0.2, -0.15) is 0 Å². The Balaban J connectivity index is 0.827. The average Bonchev–Trinajstić information content (AvgIpc) is 4.04. The van der Waals surface area contributed by atoms with E-state index < -0.39 is 0 Å². The molecule has 0 spiro atoms. The van der Waals surface area contributed by atoms with Crippen molar-refractivity contribution in [3.63, 3.8) is 0 Å². The molecule has 0 amide bonds. The summed E-state index contributed by atoms with van der Waals surface area (Å²) in [6, 6.07) is 103. The highest BCUT2D eigenvalue weighted by Crippen LogP contribution is 2.53. The Morgan fingerprint density at radius 1 is 0.263 bits per heavy atom. The van der Waals surface area contributed by atoms with Crippen LogP contribution in [-0.4, -0.2) is 0 Å². The molecule has 15 aromatic rings. The summed E-state index contributed by atoms with van der Waals surface area (Å²) in [6.45, 7) is 4.80. The maximum absolute atomic E-state index is 6.23. The molecular weight excluding hydrogens is 969 g/mol. The number of para-hydroxylation sites is 2. The van der Waals surface area contributed by atoms with Crippen LogP contribution < -0.4 is 9.80 Å². The minimum absolute atomic E-state index is 0.308. The number of hydrogen-bond donors (Lipinski definition) is 0. The molecule has 80 heavy (non-hydrogen) atoms. The number of furan rings is 1. The number of fused-ring (bicyclic) bond motifs is 14. The molecule has 0 N–H and O–H groups in total. The van der Waals surface area contributed by atoms with Gasteiger partial charge in [0.05, 0.1) is 5.69 Å². The highest BCUT2D eigenvalue weighted by molar-refractivity contribution is 6.26. The molecule has 0 saturated carbocycles. The van der Waals surface area contributed by atoms with Gasteiger partial charge in [0.2, 0.25) is 0 Å². The molecule has 1 heterocycles. The summed E-state index contributed by atoms with van der Waals surface area (Å²) < 4.78 is 6.23. The van der Waals surface area contributed by atoms with E-state index >= 15 is 0 Å². The van der Waals surface area contributed by atoms with Crippen LogP contribution in [-0.2, 0) is 5.41 Å². The van der Waals surface area contributed by atoms with Gasteiger partial charge >= 0.3 is 0 Å². The third-order valence-corrected chi connectivity index (χ3v) is 17.2. The fraction of sp³-hybridized carbons (Fsp3) is 0.0390. The van der Waals surface area contributed by atoms with Crippen LogP contribution in [0.15, 0.2) is 283 Å². The van der Waals surface area contributed by atoms with E-state index in [0.29, 0.717) is 0 Å². The van der Waals surface area contributed by atoms with Gasteiger partial charge in [-0.3, -0.25) is 0 Å². The topological polar surface area (TPSA) is 19.6 Å². The molecule has 0 unspecified atom stereocenters. The molecule has 376 valence electrons. The van der Waals surface area contributed by atoms with Gasteiger partial charge in [0.1, 0.15) is 11.2 Å². The van der Waals surface area contributed by atoms with Gasteiger partial charge in [0, 0.05) is 50.0 Å². The predicted octanol–water partition coefficient (Wildman–Crippen LogP) is 21.9. The summed E-state index contributed by atoms with van der Waals surface area (Å²) in [7, 11) is 0. The molecule has 0 radical (unpaired) electrons. The standard InChI is InChI=1S/C77H52N2O/c1-77(2)72-47-55(37-40-67(72)68-41-38-56(48-73(68)77)79(52-19-4-3-5-20-52)74-29-16-18-49-17-6-7-21-59(49)74)78(54-36-39-66-64-26-11-10-24-62(64)63-25-12-13-27-65(63)70(66)46-54)53-34-31-50(32-35-53)57-42-43-58(61-23-9-8-22-60(57)61)51-33-44-76-71(45-51)69-28-14-15-30-75(69)80-76/h3-48H,1-2H3. The monoisotopic (exact) mass is 1020 g/mol. The Labute approximate surface area is 464 Å². The molecule has 1 aliphatic rings. The second-order valence-electron chi connectivity index (χ2n) is 22.0. The molecule has 1 aliphatic carbocycles. The molecule has 16 rings (SSSR count). The maximum atomic E-state index is 6.23. The molecule has 0 aliphatic heterocycles. The molecule has 3 heteroatoms. The lowest BCUT2D eigenvalue weighted by molar-refractivity contribution is 0.660. The Kier molecular flexibility index (Phi) is 10.3. The van der Waals surface area contributed by atoms with Crippen molar-refractivity contribution in [2.45, 2.75) is 19.3 Å².